The predicted molar refractivity (Wildman–Crippen MR) is 156 cm³/mol. The fourth-order valence-corrected chi connectivity index (χ4v) is 5.46. The molecule has 1 atom stereocenters. The van der Waals surface area contributed by atoms with E-state index in [1.54, 1.807) is 18.3 Å². The van der Waals surface area contributed by atoms with Gasteiger partial charge >= 0.3 is 0 Å². The molecule has 0 saturated carbocycles. The van der Waals surface area contributed by atoms with Gasteiger partial charge in [0.25, 0.3) is 5.91 Å². The molecule has 3 N–H and O–H groups in total. The molecule has 8 heteroatoms. The summed E-state index contributed by atoms with van der Waals surface area (Å²) in [5.41, 5.74) is 10.6. The summed E-state index contributed by atoms with van der Waals surface area (Å²) in [5.74, 6) is 2.40. The summed E-state index contributed by atoms with van der Waals surface area (Å²) in [6.45, 7) is 1.54. The minimum absolute atomic E-state index is 0.0209. The third kappa shape index (κ3) is 6.01. The number of nitrogen functional groups attached to an aromatic ring is 1. The van der Waals surface area contributed by atoms with Gasteiger partial charge in [-0.3, -0.25) is 9.59 Å². The Balaban J connectivity index is 1.38. The average Bonchev–Trinajstić information content (AvgIpc) is 2.99. The van der Waals surface area contributed by atoms with E-state index in [1.807, 2.05) is 59.5 Å². The van der Waals surface area contributed by atoms with Crippen LogP contribution in [-0.4, -0.2) is 41.4 Å². The number of carbonyl (C=O) groups excluding carboxylic acids is 2. The summed E-state index contributed by atoms with van der Waals surface area (Å²) in [7, 11) is 0. The maximum absolute atomic E-state index is 13.8. The van der Waals surface area contributed by atoms with E-state index in [-0.39, 0.29) is 17.9 Å². The molecule has 0 fully saturated rings. The molecular weight excluding hydrogens is 516 g/mol. The van der Waals surface area contributed by atoms with Gasteiger partial charge in [-0.2, -0.15) is 0 Å². The number of amides is 2. The molecule has 208 valence electrons. The Hall–Kier alpha value is -4.85. The SMILES string of the molecule is Nc1cc(C(=O)N2CCc3cc4ccc3C2c2cccc(c2)OCCCNC(=O)CCc2ccc(cc2)O4)ccn1. The molecule has 8 bridgehead atoms. The highest BCUT2D eigenvalue weighted by molar-refractivity contribution is 5.95. The zero-order valence-corrected chi connectivity index (χ0v) is 22.7. The van der Waals surface area contributed by atoms with Crippen molar-refractivity contribution < 1.29 is 19.1 Å². The molecule has 5 aliphatic heterocycles. The fraction of sp³-hybridized carbons (Fsp3) is 0.242. The Kier molecular flexibility index (Phi) is 7.54. The standard InChI is InChI=1S/C33H32N4O4/c34-30-21-25(13-16-35-30)33(39)37-17-14-23-19-28-10-11-29(23)32(37)24-3-1-4-27(20-24)40-18-2-15-36-31(38)12-7-22-5-8-26(41-28)9-6-22/h1,3-6,8-11,13,16,19-21,32H,2,7,12,14-15,17-18H2,(H2,34,35)(H,36,38). The zero-order chi connectivity index (χ0) is 28.2. The summed E-state index contributed by atoms with van der Waals surface area (Å²) < 4.78 is 12.3. The lowest BCUT2D eigenvalue weighted by Gasteiger charge is -2.38. The van der Waals surface area contributed by atoms with E-state index in [0.29, 0.717) is 62.5 Å². The first kappa shape index (κ1) is 26.4. The van der Waals surface area contributed by atoms with Crippen LogP contribution in [0.3, 0.4) is 0 Å². The molecule has 41 heavy (non-hydrogen) atoms. The third-order valence-electron chi connectivity index (χ3n) is 7.52. The van der Waals surface area contributed by atoms with E-state index in [2.05, 4.69) is 22.4 Å². The van der Waals surface area contributed by atoms with Crippen LogP contribution in [0.2, 0.25) is 0 Å². The zero-order valence-electron chi connectivity index (χ0n) is 22.7. The van der Waals surface area contributed by atoms with Gasteiger partial charge in [-0.1, -0.05) is 30.3 Å². The van der Waals surface area contributed by atoms with Crippen LogP contribution >= 0.6 is 0 Å². The van der Waals surface area contributed by atoms with E-state index in [9.17, 15) is 9.59 Å². The number of nitrogens with zero attached hydrogens (tertiary/aromatic N) is 2. The van der Waals surface area contributed by atoms with Gasteiger partial charge < -0.3 is 25.4 Å². The van der Waals surface area contributed by atoms with Crippen molar-refractivity contribution in [1.29, 1.82) is 0 Å². The number of aromatic nitrogens is 1. The molecule has 0 aliphatic carbocycles. The number of benzene rings is 3. The monoisotopic (exact) mass is 548 g/mol. The molecule has 3 aromatic carbocycles. The number of rotatable bonds is 1. The van der Waals surface area contributed by atoms with Crippen molar-refractivity contribution in [1.82, 2.24) is 15.2 Å². The van der Waals surface area contributed by atoms with Gasteiger partial charge in [-0.05, 0) is 90.0 Å². The summed E-state index contributed by atoms with van der Waals surface area (Å²) >= 11 is 0. The summed E-state index contributed by atoms with van der Waals surface area (Å²) in [6, 6.07) is 24.8. The lowest BCUT2D eigenvalue weighted by Crippen LogP contribution is -2.40. The van der Waals surface area contributed by atoms with E-state index in [4.69, 9.17) is 15.2 Å². The normalized spacial score (nSPS) is 17.1. The second-order valence-electron chi connectivity index (χ2n) is 10.4. The first-order valence-electron chi connectivity index (χ1n) is 13.9. The van der Waals surface area contributed by atoms with Crippen molar-refractivity contribution in [3.05, 3.63) is 113 Å². The van der Waals surface area contributed by atoms with E-state index >= 15 is 0 Å². The van der Waals surface area contributed by atoms with Gasteiger partial charge in [-0.15, -0.1) is 0 Å². The van der Waals surface area contributed by atoms with Gasteiger partial charge in [0.15, 0.2) is 0 Å². The second-order valence-corrected chi connectivity index (χ2v) is 10.4. The molecule has 8 nitrogen and oxygen atoms in total. The lowest BCUT2D eigenvalue weighted by molar-refractivity contribution is -0.121. The average molecular weight is 549 g/mol. The number of hydrogen-bond acceptors (Lipinski definition) is 6. The first-order chi connectivity index (χ1) is 20.0. The van der Waals surface area contributed by atoms with Crippen molar-refractivity contribution in [2.45, 2.75) is 31.7 Å². The van der Waals surface area contributed by atoms with Gasteiger partial charge in [0.05, 0.1) is 12.6 Å². The maximum Gasteiger partial charge on any atom is 0.254 e. The van der Waals surface area contributed by atoms with Crippen LogP contribution in [0.1, 0.15) is 51.5 Å². The lowest BCUT2D eigenvalue weighted by atomic mass is 9.87. The molecule has 0 spiro atoms. The van der Waals surface area contributed by atoms with Crippen molar-refractivity contribution >= 4 is 17.6 Å². The molecule has 2 amide bonds. The fourth-order valence-electron chi connectivity index (χ4n) is 5.46. The van der Waals surface area contributed by atoms with Gasteiger partial charge in [-0.25, -0.2) is 4.98 Å². The first-order valence-corrected chi connectivity index (χ1v) is 13.9. The number of carbonyl (C=O) groups is 2. The molecule has 5 aliphatic rings. The Morgan fingerprint density at radius 1 is 0.927 bits per heavy atom. The highest BCUT2D eigenvalue weighted by Crippen LogP contribution is 2.39. The molecule has 0 saturated heterocycles. The molecule has 0 radical (unpaired) electrons. The smallest absolute Gasteiger partial charge is 0.254 e. The van der Waals surface area contributed by atoms with Crippen LogP contribution < -0.4 is 20.5 Å². The van der Waals surface area contributed by atoms with E-state index in [1.165, 1.54) is 0 Å². The molecular formula is C33H32N4O4. The van der Waals surface area contributed by atoms with Gasteiger partial charge in [0.2, 0.25) is 5.91 Å². The number of nitrogens with one attached hydrogen (secondary N) is 1. The highest BCUT2D eigenvalue weighted by Gasteiger charge is 2.33. The topological polar surface area (TPSA) is 107 Å². The van der Waals surface area contributed by atoms with Crippen molar-refractivity contribution in [2.75, 3.05) is 25.4 Å². The highest BCUT2D eigenvalue weighted by atomic mass is 16.5. The molecule has 4 aromatic rings. The van der Waals surface area contributed by atoms with Crippen LogP contribution in [-0.2, 0) is 17.6 Å². The van der Waals surface area contributed by atoms with Crippen LogP contribution in [0.15, 0.2) is 85.1 Å². The Labute approximate surface area is 239 Å². The molecule has 1 aromatic heterocycles. The summed E-state index contributed by atoms with van der Waals surface area (Å²) in [4.78, 5) is 32.1. The van der Waals surface area contributed by atoms with Crippen molar-refractivity contribution in [2.24, 2.45) is 0 Å². The van der Waals surface area contributed by atoms with E-state index < -0.39 is 0 Å². The molecule has 1 unspecified atom stereocenters. The van der Waals surface area contributed by atoms with Crippen LogP contribution in [0, 0.1) is 0 Å². The number of ether oxygens (including phenoxy) is 2. The van der Waals surface area contributed by atoms with Crippen LogP contribution in [0.4, 0.5) is 5.82 Å². The second kappa shape index (κ2) is 11.7. The van der Waals surface area contributed by atoms with Crippen LogP contribution in [0.25, 0.3) is 0 Å². The van der Waals surface area contributed by atoms with Crippen LogP contribution in [0.5, 0.6) is 17.2 Å². The molecule has 9 rings (SSSR count). The summed E-state index contributed by atoms with van der Waals surface area (Å²) in [5, 5.41) is 2.97. The quantitative estimate of drug-likeness (QED) is 0.344. The minimum Gasteiger partial charge on any atom is -0.494 e. The maximum atomic E-state index is 13.8. The molecule has 6 heterocycles. The largest absolute Gasteiger partial charge is 0.494 e. The van der Waals surface area contributed by atoms with Gasteiger partial charge in [0, 0.05) is 31.3 Å². The van der Waals surface area contributed by atoms with Gasteiger partial charge in [0.1, 0.15) is 23.1 Å². The minimum atomic E-state index is -0.328. The number of pyridine rings is 1. The Bertz CT molecular complexity index is 1570. The van der Waals surface area contributed by atoms with E-state index in [0.717, 1.165) is 33.8 Å². The number of nitrogens with two attached hydrogens (primary N) is 1. The Morgan fingerprint density at radius 3 is 2.63 bits per heavy atom. The van der Waals surface area contributed by atoms with Crippen molar-refractivity contribution in [3.63, 3.8) is 0 Å². The number of aryl methyl sites for hydroxylation is 1. The number of anilines is 1. The Morgan fingerprint density at radius 2 is 1.78 bits per heavy atom. The third-order valence-corrected chi connectivity index (χ3v) is 7.52. The summed E-state index contributed by atoms with van der Waals surface area (Å²) in [6.07, 6.45) is 4.02. The number of hydrogen-bond donors (Lipinski definition) is 2. The predicted octanol–water partition coefficient (Wildman–Crippen LogP) is 5.08. The van der Waals surface area contributed by atoms with Crippen molar-refractivity contribution in [3.8, 4) is 17.2 Å².